The molecule has 0 saturated heterocycles. The van der Waals surface area contributed by atoms with Crippen LogP contribution >= 0.6 is 0 Å². The number of nitrogens with one attached hydrogen (secondary N) is 1. The van der Waals surface area contributed by atoms with E-state index in [2.05, 4.69) is 33.4 Å². The molecule has 108 valence electrons. The average Bonchev–Trinajstić information content (AvgIpc) is 2.94. The number of hydrogen-bond donors (Lipinski definition) is 1. The molecule has 0 spiro atoms. The molecular weight excluding hydrogens is 265 g/mol. The molecule has 0 fully saturated rings. The van der Waals surface area contributed by atoms with Crippen LogP contribution in [0.2, 0.25) is 0 Å². The summed E-state index contributed by atoms with van der Waals surface area (Å²) >= 11 is 0. The van der Waals surface area contributed by atoms with Gasteiger partial charge < -0.3 is 10.2 Å². The largest absolute Gasteiger partial charge is 0.352 e. The first-order valence-corrected chi connectivity index (χ1v) is 7.08. The lowest BCUT2D eigenvalue weighted by Gasteiger charge is -2.22. The molecule has 3 rings (SSSR count). The van der Waals surface area contributed by atoms with Crippen molar-refractivity contribution in [2.75, 3.05) is 18.5 Å². The number of para-hydroxylation sites is 1. The molecule has 1 aliphatic heterocycles. The molecule has 1 N–H and O–H groups in total. The molecule has 21 heavy (non-hydrogen) atoms. The Kier molecular flexibility index (Phi) is 3.86. The van der Waals surface area contributed by atoms with E-state index in [1.807, 2.05) is 6.07 Å². The van der Waals surface area contributed by atoms with Gasteiger partial charge in [0, 0.05) is 25.8 Å². The van der Waals surface area contributed by atoms with Gasteiger partial charge in [0.15, 0.2) is 5.96 Å². The number of aliphatic imine (C=N–C) groups is 1. The number of halogens is 1. The van der Waals surface area contributed by atoms with E-state index in [0.717, 1.165) is 24.5 Å². The Morgan fingerprint density at radius 1 is 1.19 bits per heavy atom. The van der Waals surface area contributed by atoms with Gasteiger partial charge in [0.2, 0.25) is 0 Å². The molecule has 1 heterocycles. The molecule has 0 aliphatic carbocycles. The molecule has 0 radical (unpaired) electrons. The van der Waals surface area contributed by atoms with E-state index in [0.29, 0.717) is 6.54 Å². The quantitative estimate of drug-likeness (QED) is 0.678. The molecule has 0 amide bonds. The first kappa shape index (κ1) is 13.6. The summed E-state index contributed by atoms with van der Waals surface area (Å²) in [4.78, 5) is 6.55. The number of fused-ring (bicyclic) bond motifs is 1. The van der Waals surface area contributed by atoms with Crippen LogP contribution in [0.1, 0.15) is 11.1 Å². The summed E-state index contributed by atoms with van der Waals surface area (Å²) < 4.78 is 12.9. The smallest absolute Gasteiger partial charge is 0.198 e. The molecule has 0 unspecified atom stereocenters. The zero-order valence-electron chi connectivity index (χ0n) is 12.0. The topological polar surface area (TPSA) is 27.6 Å². The standard InChI is InChI=1S/C17H18FN3/c1-19-17(20-12-13-6-8-15(18)9-7-13)21-11-10-14-4-2-3-5-16(14)21/h2-9H,10-12H2,1H3,(H,19,20). The molecule has 0 aromatic heterocycles. The maximum Gasteiger partial charge on any atom is 0.198 e. The summed E-state index contributed by atoms with van der Waals surface area (Å²) in [5.74, 6) is 0.640. The van der Waals surface area contributed by atoms with Crippen LogP contribution in [-0.2, 0) is 13.0 Å². The second kappa shape index (κ2) is 5.95. The first-order chi connectivity index (χ1) is 10.3. The molecule has 0 bridgehead atoms. The Hall–Kier alpha value is -2.36. The Morgan fingerprint density at radius 2 is 1.95 bits per heavy atom. The van der Waals surface area contributed by atoms with Crippen LogP contribution in [0.5, 0.6) is 0 Å². The molecule has 1 aliphatic rings. The van der Waals surface area contributed by atoms with E-state index in [-0.39, 0.29) is 5.82 Å². The molecule has 2 aromatic rings. The fourth-order valence-electron chi connectivity index (χ4n) is 2.64. The summed E-state index contributed by atoms with van der Waals surface area (Å²) in [5, 5.41) is 3.34. The molecule has 2 aromatic carbocycles. The van der Waals surface area contributed by atoms with Crippen molar-refractivity contribution < 1.29 is 4.39 Å². The lowest BCUT2D eigenvalue weighted by molar-refractivity contribution is 0.626. The minimum Gasteiger partial charge on any atom is -0.352 e. The van der Waals surface area contributed by atoms with Gasteiger partial charge in [-0.25, -0.2) is 4.39 Å². The first-order valence-electron chi connectivity index (χ1n) is 7.08. The second-order valence-electron chi connectivity index (χ2n) is 5.06. The zero-order valence-corrected chi connectivity index (χ0v) is 12.0. The van der Waals surface area contributed by atoms with Crippen LogP contribution in [0.25, 0.3) is 0 Å². The van der Waals surface area contributed by atoms with E-state index in [4.69, 9.17) is 0 Å². The van der Waals surface area contributed by atoms with Gasteiger partial charge in [0.25, 0.3) is 0 Å². The van der Waals surface area contributed by atoms with Gasteiger partial charge in [-0.3, -0.25) is 4.99 Å². The number of hydrogen-bond acceptors (Lipinski definition) is 1. The highest BCUT2D eigenvalue weighted by atomic mass is 19.1. The van der Waals surface area contributed by atoms with Crippen LogP contribution < -0.4 is 10.2 Å². The van der Waals surface area contributed by atoms with Crippen LogP contribution in [-0.4, -0.2) is 19.6 Å². The van der Waals surface area contributed by atoms with Crippen molar-refractivity contribution in [2.24, 2.45) is 4.99 Å². The minimum atomic E-state index is -0.211. The minimum absolute atomic E-state index is 0.211. The third-order valence-corrected chi connectivity index (χ3v) is 3.72. The summed E-state index contributed by atoms with van der Waals surface area (Å²) in [6.07, 6.45) is 1.04. The van der Waals surface area contributed by atoms with Crippen molar-refractivity contribution >= 4 is 11.6 Å². The Labute approximate surface area is 124 Å². The van der Waals surface area contributed by atoms with Crippen LogP contribution in [0.15, 0.2) is 53.5 Å². The van der Waals surface area contributed by atoms with E-state index < -0.39 is 0 Å². The predicted octanol–water partition coefficient (Wildman–Crippen LogP) is 2.96. The third-order valence-electron chi connectivity index (χ3n) is 3.72. The fourth-order valence-corrected chi connectivity index (χ4v) is 2.64. The number of benzene rings is 2. The molecule has 0 saturated carbocycles. The maximum absolute atomic E-state index is 12.9. The summed E-state index contributed by atoms with van der Waals surface area (Å²) in [6.45, 7) is 1.56. The number of rotatable bonds is 2. The van der Waals surface area contributed by atoms with Gasteiger partial charge in [0.05, 0.1) is 0 Å². The van der Waals surface area contributed by atoms with Crippen molar-refractivity contribution in [3.63, 3.8) is 0 Å². The van der Waals surface area contributed by atoms with E-state index in [1.54, 1.807) is 19.2 Å². The molecule has 0 atom stereocenters. The van der Waals surface area contributed by atoms with Crippen molar-refractivity contribution in [3.8, 4) is 0 Å². The van der Waals surface area contributed by atoms with Gasteiger partial charge in [-0.05, 0) is 35.7 Å². The second-order valence-corrected chi connectivity index (χ2v) is 5.06. The van der Waals surface area contributed by atoms with E-state index in [9.17, 15) is 4.39 Å². The Bertz CT molecular complexity index is 649. The van der Waals surface area contributed by atoms with Gasteiger partial charge in [-0.2, -0.15) is 0 Å². The highest BCUT2D eigenvalue weighted by molar-refractivity contribution is 5.97. The number of guanidine groups is 1. The summed E-state index contributed by atoms with van der Waals surface area (Å²) in [6, 6.07) is 14.9. The fraction of sp³-hybridized carbons (Fsp3) is 0.235. The molecule has 4 heteroatoms. The van der Waals surface area contributed by atoms with Gasteiger partial charge in [0.1, 0.15) is 5.82 Å². The van der Waals surface area contributed by atoms with Crippen molar-refractivity contribution in [1.82, 2.24) is 5.32 Å². The Morgan fingerprint density at radius 3 is 2.71 bits per heavy atom. The zero-order chi connectivity index (χ0) is 14.7. The van der Waals surface area contributed by atoms with Crippen molar-refractivity contribution in [3.05, 3.63) is 65.5 Å². The highest BCUT2D eigenvalue weighted by Gasteiger charge is 2.22. The van der Waals surface area contributed by atoms with Gasteiger partial charge >= 0.3 is 0 Å². The van der Waals surface area contributed by atoms with E-state index in [1.165, 1.54) is 23.4 Å². The van der Waals surface area contributed by atoms with Gasteiger partial charge in [-0.1, -0.05) is 30.3 Å². The molecular formula is C17H18FN3. The van der Waals surface area contributed by atoms with Crippen LogP contribution in [0.3, 0.4) is 0 Å². The maximum atomic E-state index is 12.9. The summed E-state index contributed by atoms with van der Waals surface area (Å²) in [7, 11) is 1.79. The molecule has 3 nitrogen and oxygen atoms in total. The lowest BCUT2D eigenvalue weighted by atomic mass is 10.2. The summed E-state index contributed by atoms with van der Waals surface area (Å²) in [5.41, 5.74) is 3.59. The normalized spacial score (nSPS) is 14.2. The Balaban J connectivity index is 1.71. The monoisotopic (exact) mass is 283 g/mol. The third kappa shape index (κ3) is 2.89. The number of anilines is 1. The average molecular weight is 283 g/mol. The van der Waals surface area contributed by atoms with Crippen LogP contribution in [0.4, 0.5) is 10.1 Å². The SMILES string of the molecule is CN=C(NCc1ccc(F)cc1)N1CCc2ccccc21. The number of nitrogens with zero attached hydrogens (tertiary/aromatic N) is 2. The van der Waals surface area contributed by atoms with E-state index >= 15 is 0 Å². The van der Waals surface area contributed by atoms with Crippen molar-refractivity contribution in [1.29, 1.82) is 0 Å². The van der Waals surface area contributed by atoms with Crippen molar-refractivity contribution in [2.45, 2.75) is 13.0 Å². The highest BCUT2D eigenvalue weighted by Crippen LogP contribution is 2.27. The predicted molar refractivity (Wildman–Crippen MR) is 84.1 cm³/mol. The lowest BCUT2D eigenvalue weighted by Crippen LogP contribution is -2.40. The van der Waals surface area contributed by atoms with Gasteiger partial charge in [-0.15, -0.1) is 0 Å². The van der Waals surface area contributed by atoms with Crippen LogP contribution in [0, 0.1) is 5.82 Å².